The van der Waals surface area contributed by atoms with Crippen LogP contribution in [-0.2, 0) is 9.59 Å². The minimum absolute atomic E-state index is 0.0832. The van der Waals surface area contributed by atoms with Gasteiger partial charge in [0.25, 0.3) is 0 Å². The lowest BCUT2D eigenvalue weighted by atomic mass is 9.96. The van der Waals surface area contributed by atoms with Crippen LogP contribution in [0.4, 0.5) is 5.69 Å². The number of amides is 1. The fraction of sp³-hybridized carbons (Fsp3) is 0.389. The fourth-order valence-corrected chi connectivity index (χ4v) is 3.15. The summed E-state index contributed by atoms with van der Waals surface area (Å²) < 4.78 is 0. The topological polar surface area (TPSA) is 82.5 Å². The van der Waals surface area contributed by atoms with Gasteiger partial charge in [-0.2, -0.15) is 0 Å². The van der Waals surface area contributed by atoms with Crippen LogP contribution in [0, 0.1) is 5.92 Å². The van der Waals surface area contributed by atoms with Gasteiger partial charge in [-0.05, 0) is 57.1 Å². The van der Waals surface area contributed by atoms with Crippen molar-refractivity contribution in [3.05, 3.63) is 36.5 Å². The number of rotatable bonds is 4. The number of hydrogen-bond donors (Lipinski definition) is 2. The molecule has 1 amide bonds. The van der Waals surface area contributed by atoms with Gasteiger partial charge in [-0.1, -0.05) is 6.07 Å². The van der Waals surface area contributed by atoms with Crippen LogP contribution in [0.1, 0.15) is 19.8 Å². The molecule has 1 unspecified atom stereocenters. The fourth-order valence-electron chi connectivity index (χ4n) is 3.15. The average molecular weight is 327 g/mol. The summed E-state index contributed by atoms with van der Waals surface area (Å²) in [6.45, 7) is 3.12. The molecule has 1 aliphatic rings. The smallest absolute Gasteiger partial charge is 0.306 e. The van der Waals surface area contributed by atoms with Crippen LogP contribution in [0.15, 0.2) is 36.5 Å². The number of carbonyl (C=O) groups excluding carboxylic acids is 1. The predicted molar refractivity (Wildman–Crippen MR) is 91.8 cm³/mol. The van der Waals surface area contributed by atoms with Crippen LogP contribution in [0.2, 0.25) is 0 Å². The maximum atomic E-state index is 12.6. The Bertz CT molecular complexity index is 749. The van der Waals surface area contributed by atoms with Gasteiger partial charge in [0.1, 0.15) is 0 Å². The van der Waals surface area contributed by atoms with Gasteiger partial charge in [-0.3, -0.25) is 19.5 Å². The highest BCUT2D eigenvalue weighted by atomic mass is 16.4. The number of pyridine rings is 1. The van der Waals surface area contributed by atoms with Crippen molar-refractivity contribution < 1.29 is 14.7 Å². The van der Waals surface area contributed by atoms with Crippen molar-refractivity contribution in [2.75, 3.05) is 18.4 Å². The molecule has 0 radical (unpaired) electrons. The summed E-state index contributed by atoms with van der Waals surface area (Å²) in [5.41, 5.74) is 1.59. The molecule has 2 N–H and O–H groups in total. The average Bonchev–Trinajstić information content (AvgIpc) is 2.61. The third-order valence-electron chi connectivity index (χ3n) is 4.71. The van der Waals surface area contributed by atoms with Gasteiger partial charge >= 0.3 is 5.97 Å². The maximum absolute atomic E-state index is 12.6. The van der Waals surface area contributed by atoms with Crippen molar-refractivity contribution in [3.63, 3.8) is 0 Å². The minimum Gasteiger partial charge on any atom is -0.481 e. The lowest BCUT2D eigenvalue weighted by molar-refractivity contribution is -0.143. The summed E-state index contributed by atoms with van der Waals surface area (Å²) in [4.78, 5) is 29.9. The maximum Gasteiger partial charge on any atom is 0.306 e. The first-order valence-electron chi connectivity index (χ1n) is 8.17. The lowest BCUT2D eigenvalue weighted by Crippen LogP contribution is -2.47. The molecule has 0 spiro atoms. The van der Waals surface area contributed by atoms with Crippen molar-refractivity contribution in [3.8, 4) is 0 Å². The predicted octanol–water partition coefficient (Wildman–Crippen LogP) is 2.36. The second-order valence-corrected chi connectivity index (χ2v) is 6.19. The molecule has 0 aliphatic carbocycles. The Morgan fingerprint density at radius 2 is 2.00 bits per heavy atom. The number of aromatic nitrogens is 1. The number of anilines is 1. The Balaban J connectivity index is 1.67. The molecule has 6 nitrogen and oxygen atoms in total. The Morgan fingerprint density at radius 3 is 2.71 bits per heavy atom. The lowest BCUT2D eigenvalue weighted by Gasteiger charge is -2.33. The number of carboxylic acid groups (broad SMARTS) is 1. The van der Waals surface area contributed by atoms with Crippen molar-refractivity contribution in [1.82, 2.24) is 9.88 Å². The standard InChI is InChI=1S/C18H21N3O3/c1-12(21-10-7-13(8-11-21)18(23)24)17(22)20-16-6-2-5-15-14(16)4-3-9-19-15/h2-6,9,12-13H,7-8,10-11H2,1H3,(H,20,22)(H,23,24). The van der Waals surface area contributed by atoms with E-state index in [4.69, 9.17) is 5.11 Å². The molecule has 1 atom stereocenters. The van der Waals surface area contributed by atoms with E-state index in [1.54, 1.807) is 6.20 Å². The number of nitrogens with zero attached hydrogens (tertiary/aromatic N) is 2. The summed E-state index contributed by atoms with van der Waals surface area (Å²) in [5, 5.41) is 13.0. The first kappa shape index (κ1) is 16.4. The highest BCUT2D eigenvalue weighted by molar-refractivity contribution is 6.02. The zero-order valence-electron chi connectivity index (χ0n) is 13.6. The van der Waals surface area contributed by atoms with Crippen molar-refractivity contribution in [2.24, 2.45) is 5.92 Å². The van der Waals surface area contributed by atoms with Gasteiger partial charge in [0.2, 0.25) is 5.91 Å². The van der Waals surface area contributed by atoms with Crippen molar-refractivity contribution in [2.45, 2.75) is 25.8 Å². The number of benzene rings is 1. The zero-order valence-corrected chi connectivity index (χ0v) is 13.6. The summed E-state index contributed by atoms with van der Waals surface area (Å²) in [6, 6.07) is 9.12. The van der Waals surface area contributed by atoms with Crippen LogP contribution in [0.3, 0.4) is 0 Å². The van der Waals surface area contributed by atoms with Gasteiger partial charge in [-0.25, -0.2) is 0 Å². The Morgan fingerprint density at radius 1 is 1.25 bits per heavy atom. The van der Waals surface area contributed by atoms with E-state index in [9.17, 15) is 9.59 Å². The first-order chi connectivity index (χ1) is 11.6. The third-order valence-corrected chi connectivity index (χ3v) is 4.71. The second-order valence-electron chi connectivity index (χ2n) is 6.19. The number of carbonyl (C=O) groups is 2. The largest absolute Gasteiger partial charge is 0.481 e. The van der Waals surface area contributed by atoms with Gasteiger partial charge in [0.05, 0.1) is 23.2 Å². The molecule has 2 aromatic rings. The third kappa shape index (κ3) is 3.38. The molecule has 0 saturated carbocycles. The molecule has 2 heterocycles. The SMILES string of the molecule is CC(C(=O)Nc1cccc2ncccc12)N1CCC(C(=O)O)CC1. The molecule has 1 saturated heterocycles. The molecular weight excluding hydrogens is 306 g/mol. The van der Waals surface area contributed by atoms with Gasteiger partial charge in [0, 0.05) is 11.6 Å². The molecule has 1 aromatic heterocycles. The van der Waals surface area contributed by atoms with Gasteiger partial charge < -0.3 is 10.4 Å². The van der Waals surface area contributed by atoms with Crippen LogP contribution in [-0.4, -0.2) is 46.0 Å². The summed E-state index contributed by atoms with van der Waals surface area (Å²) in [6.07, 6.45) is 2.90. The van der Waals surface area contributed by atoms with Crippen molar-refractivity contribution in [1.29, 1.82) is 0 Å². The van der Waals surface area contributed by atoms with E-state index in [0.29, 0.717) is 25.9 Å². The molecule has 0 bridgehead atoms. The zero-order chi connectivity index (χ0) is 17.1. The van der Waals surface area contributed by atoms with E-state index in [1.165, 1.54) is 0 Å². The van der Waals surface area contributed by atoms with E-state index in [0.717, 1.165) is 16.6 Å². The second kappa shape index (κ2) is 6.97. The van der Waals surface area contributed by atoms with E-state index < -0.39 is 5.97 Å². The summed E-state index contributed by atoms with van der Waals surface area (Å²) >= 11 is 0. The molecule has 126 valence electrons. The Labute approximate surface area is 140 Å². The van der Waals surface area contributed by atoms with E-state index in [2.05, 4.69) is 10.3 Å². The minimum atomic E-state index is -0.741. The van der Waals surface area contributed by atoms with Crippen LogP contribution >= 0.6 is 0 Å². The number of fused-ring (bicyclic) bond motifs is 1. The highest BCUT2D eigenvalue weighted by Crippen LogP contribution is 2.23. The molecule has 1 aliphatic heterocycles. The number of piperidine rings is 1. The Hall–Kier alpha value is -2.47. The Kier molecular flexibility index (Phi) is 4.76. The number of aliphatic carboxylic acids is 1. The van der Waals surface area contributed by atoms with Crippen molar-refractivity contribution >= 4 is 28.5 Å². The van der Waals surface area contributed by atoms with Gasteiger partial charge in [0.15, 0.2) is 0 Å². The molecule has 1 aromatic carbocycles. The normalized spacial score (nSPS) is 17.5. The number of nitrogens with one attached hydrogen (secondary N) is 1. The number of carboxylic acids is 1. The first-order valence-corrected chi connectivity index (χ1v) is 8.17. The van der Waals surface area contributed by atoms with E-state index in [1.807, 2.05) is 42.2 Å². The van der Waals surface area contributed by atoms with Gasteiger partial charge in [-0.15, -0.1) is 0 Å². The molecule has 1 fully saturated rings. The molecule has 3 rings (SSSR count). The van der Waals surface area contributed by atoms with Crippen LogP contribution in [0.25, 0.3) is 10.9 Å². The quantitative estimate of drug-likeness (QED) is 0.901. The van der Waals surface area contributed by atoms with Crippen LogP contribution in [0.5, 0.6) is 0 Å². The number of hydrogen-bond acceptors (Lipinski definition) is 4. The molecule has 24 heavy (non-hydrogen) atoms. The van der Waals surface area contributed by atoms with E-state index in [-0.39, 0.29) is 17.9 Å². The van der Waals surface area contributed by atoms with E-state index >= 15 is 0 Å². The highest BCUT2D eigenvalue weighted by Gasteiger charge is 2.29. The van der Waals surface area contributed by atoms with Crippen LogP contribution < -0.4 is 5.32 Å². The molecule has 6 heteroatoms. The molecular formula is C18H21N3O3. The summed E-state index contributed by atoms with van der Waals surface area (Å²) in [7, 11) is 0. The summed E-state index contributed by atoms with van der Waals surface area (Å²) in [5.74, 6) is -1.12. The number of likely N-dealkylation sites (tertiary alicyclic amines) is 1. The monoisotopic (exact) mass is 327 g/mol.